The van der Waals surface area contributed by atoms with Crippen LogP contribution in [-0.4, -0.2) is 36.7 Å². The van der Waals surface area contributed by atoms with Gasteiger partial charge < -0.3 is 19.4 Å². The lowest BCUT2D eigenvalue weighted by atomic mass is 9.76. The smallest absolute Gasteiger partial charge is 0.291 e. The standard InChI is InChI=1S/C29H40N4O3Si/c1-8-36-21(2)23-9-10-26(25(17-23)22-11-13-29(3,4)14-12-22)32-28(34)27-31-24(18-30)19-33(27)20-35-15-16-37(5,6)7/h9-11,17,19H,2,8,12-16,20H2,1,3-7H3,(H,32,34). The molecular weight excluding hydrogens is 480 g/mol. The van der Waals surface area contributed by atoms with Crippen molar-refractivity contribution in [3.05, 3.63) is 59.7 Å². The van der Waals surface area contributed by atoms with Crippen LogP contribution in [0.3, 0.4) is 0 Å². The number of hydrogen-bond acceptors (Lipinski definition) is 5. The summed E-state index contributed by atoms with van der Waals surface area (Å²) >= 11 is 0. The lowest BCUT2D eigenvalue weighted by molar-refractivity contribution is 0.0808. The Kier molecular flexibility index (Phi) is 9.16. The van der Waals surface area contributed by atoms with Gasteiger partial charge in [0.2, 0.25) is 5.82 Å². The Hall–Kier alpha value is -3.15. The van der Waals surface area contributed by atoms with Gasteiger partial charge in [0, 0.05) is 37.7 Å². The normalized spacial score (nSPS) is 15.0. The number of nitrogens with one attached hydrogen (secondary N) is 1. The summed E-state index contributed by atoms with van der Waals surface area (Å²) in [6.07, 6.45) is 6.78. The molecule has 0 unspecified atom stereocenters. The van der Waals surface area contributed by atoms with Gasteiger partial charge in [0.25, 0.3) is 5.91 Å². The lowest BCUT2D eigenvalue weighted by Gasteiger charge is -2.29. The predicted octanol–water partition coefficient (Wildman–Crippen LogP) is 6.92. The number of nitrogens with zero attached hydrogens (tertiary/aromatic N) is 3. The van der Waals surface area contributed by atoms with Crippen LogP contribution in [0.15, 0.2) is 37.1 Å². The fourth-order valence-corrected chi connectivity index (χ4v) is 4.90. The average Bonchev–Trinajstić information content (AvgIpc) is 3.25. The van der Waals surface area contributed by atoms with Gasteiger partial charge in [-0.05, 0) is 61.4 Å². The predicted molar refractivity (Wildman–Crippen MR) is 152 cm³/mol. The molecule has 0 radical (unpaired) electrons. The van der Waals surface area contributed by atoms with Crippen LogP contribution < -0.4 is 5.32 Å². The number of anilines is 1. The quantitative estimate of drug-likeness (QED) is 0.197. The fraction of sp³-hybridized carbons (Fsp3) is 0.483. The minimum Gasteiger partial charge on any atom is -0.494 e. The monoisotopic (exact) mass is 520 g/mol. The van der Waals surface area contributed by atoms with E-state index < -0.39 is 8.07 Å². The molecule has 1 aliphatic carbocycles. The molecule has 0 aliphatic heterocycles. The topological polar surface area (TPSA) is 89.2 Å². The molecule has 1 N–H and O–H groups in total. The molecule has 2 aromatic rings. The van der Waals surface area contributed by atoms with E-state index >= 15 is 0 Å². The van der Waals surface area contributed by atoms with Gasteiger partial charge in [0.1, 0.15) is 18.6 Å². The van der Waals surface area contributed by atoms with Crippen LogP contribution >= 0.6 is 0 Å². The van der Waals surface area contributed by atoms with E-state index in [2.05, 4.69) is 56.4 Å². The lowest BCUT2D eigenvalue weighted by Crippen LogP contribution is -2.23. The average molecular weight is 521 g/mol. The Morgan fingerprint density at radius 3 is 2.70 bits per heavy atom. The number of ether oxygens (including phenoxy) is 2. The molecule has 0 fully saturated rings. The second-order valence-corrected chi connectivity index (χ2v) is 17.2. The highest BCUT2D eigenvalue weighted by Gasteiger charge is 2.25. The van der Waals surface area contributed by atoms with Crippen molar-refractivity contribution in [3.63, 3.8) is 0 Å². The third-order valence-electron chi connectivity index (χ3n) is 6.55. The van der Waals surface area contributed by atoms with Gasteiger partial charge in [0.05, 0.1) is 6.61 Å². The van der Waals surface area contributed by atoms with E-state index in [1.807, 2.05) is 31.2 Å². The molecule has 0 saturated carbocycles. The van der Waals surface area contributed by atoms with Crippen LogP contribution in [-0.2, 0) is 16.2 Å². The maximum atomic E-state index is 13.4. The van der Waals surface area contributed by atoms with Crippen LogP contribution in [0.1, 0.15) is 67.5 Å². The van der Waals surface area contributed by atoms with Crippen LogP contribution in [0.2, 0.25) is 25.7 Å². The summed E-state index contributed by atoms with van der Waals surface area (Å²) < 4.78 is 13.1. The first kappa shape index (κ1) is 28.4. The minimum atomic E-state index is -1.24. The molecule has 8 heteroatoms. The molecule has 1 aromatic heterocycles. The van der Waals surface area contributed by atoms with Crippen molar-refractivity contribution in [2.45, 2.75) is 72.4 Å². The van der Waals surface area contributed by atoms with E-state index in [1.165, 1.54) is 5.57 Å². The van der Waals surface area contributed by atoms with E-state index in [1.54, 1.807) is 10.8 Å². The number of benzene rings is 1. The van der Waals surface area contributed by atoms with Crippen molar-refractivity contribution in [1.82, 2.24) is 9.55 Å². The van der Waals surface area contributed by atoms with Crippen molar-refractivity contribution < 1.29 is 14.3 Å². The van der Waals surface area contributed by atoms with Crippen LogP contribution in [0.5, 0.6) is 0 Å². The van der Waals surface area contributed by atoms with Gasteiger partial charge in [-0.3, -0.25) is 4.79 Å². The second-order valence-electron chi connectivity index (χ2n) is 11.5. The van der Waals surface area contributed by atoms with Crippen LogP contribution in [0.4, 0.5) is 5.69 Å². The first-order valence-corrected chi connectivity index (χ1v) is 16.6. The Bertz CT molecular complexity index is 1210. The molecule has 0 spiro atoms. The summed E-state index contributed by atoms with van der Waals surface area (Å²) in [6, 6.07) is 8.86. The first-order valence-electron chi connectivity index (χ1n) is 12.9. The number of carbonyl (C=O) groups is 1. The Labute approximate surface area is 222 Å². The summed E-state index contributed by atoms with van der Waals surface area (Å²) in [7, 11) is -1.24. The molecular formula is C29H40N4O3Si. The van der Waals surface area contributed by atoms with Gasteiger partial charge in [-0.25, -0.2) is 4.98 Å². The molecule has 3 rings (SSSR count). The van der Waals surface area contributed by atoms with E-state index in [0.717, 1.165) is 36.4 Å². The van der Waals surface area contributed by atoms with E-state index in [9.17, 15) is 10.1 Å². The number of aromatic nitrogens is 2. The molecule has 1 amide bonds. The van der Waals surface area contributed by atoms with Crippen LogP contribution in [0, 0.1) is 16.7 Å². The molecule has 7 nitrogen and oxygen atoms in total. The summed E-state index contributed by atoms with van der Waals surface area (Å²) in [5, 5.41) is 12.4. The maximum absolute atomic E-state index is 13.4. The van der Waals surface area contributed by atoms with Gasteiger partial charge in [-0.1, -0.05) is 46.1 Å². The maximum Gasteiger partial charge on any atom is 0.291 e. The van der Waals surface area contributed by atoms with Crippen LogP contribution in [0.25, 0.3) is 11.3 Å². The summed E-state index contributed by atoms with van der Waals surface area (Å²) in [5.41, 5.74) is 4.15. The number of amides is 1. The highest BCUT2D eigenvalue weighted by Crippen LogP contribution is 2.40. The molecule has 198 valence electrons. The number of imidazole rings is 1. The molecule has 1 aromatic carbocycles. The van der Waals surface area contributed by atoms with Gasteiger partial charge in [-0.15, -0.1) is 0 Å². The van der Waals surface area contributed by atoms with E-state index in [4.69, 9.17) is 9.47 Å². The van der Waals surface area contributed by atoms with Crippen molar-refractivity contribution in [2.75, 3.05) is 18.5 Å². The van der Waals surface area contributed by atoms with Gasteiger partial charge in [0.15, 0.2) is 5.69 Å². The van der Waals surface area contributed by atoms with Crippen molar-refractivity contribution >= 4 is 31.0 Å². The zero-order valence-corrected chi connectivity index (χ0v) is 24.1. The number of hydrogen-bond donors (Lipinski definition) is 1. The summed E-state index contributed by atoms with van der Waals surface area (Å²) in [6.45, 7) is 18.7. The zero-order chi connectivity index (χ0) is 27.2. The highest BCUT2D eigenvalue weighted by atomic mass is 28.3. The van der Waals surface area contributed by atoms with Gasteiger partial charge in [-0.2, -0.15) is 5.26 Å². The van der Waals surface area contributed by atoms with Crippen molar-refractivity contribution in [1.29, 1.82) is 5.26 Å². The van der Waals surface area contributed by atoms with Gasteiger partial charge >= 0.3 is 0 Å². The molecule has 0 atom stereocenters. The van der Waals surface area contributed by atoms with Crippen molar-refractivity contribution in [3.8, 4) is 6.07 Å². The third kappa shape index (κ3) is 7.91. The molecule has 1 aliphatic rings. The summed E-state index contributed by atoms with van der Waals surface area (Å²) in [5.74, 6) is 0.366. The molecule has 1 heterocycles. The highest BCUT2D eigenvalue weighted by molar-refractivity contribution is 6.76. The Morgan fingerprint density at radius 1 is 1.32 bits per heavy atom. The van der Waals surface area contributed by atoms with Crippen molar-refractivity contribution in [2.24, 2.45) is 5.41 Å². The number of nitriles is 1. The number of allylic oxidation sites excluding steroid dienone is 2. The number of carbonyl (C=O) groups excluding carboxylic acids is 1. The largest absolute Gasteiger partial charge is 0.494 e. The Morgan fingerprint density at radius 2 is 2.08 bits per heavy atom. The minimum absolute atomic E-state index is 0.150. The molecule has 0 bridgehead atoms. The molecule has 0 saturated heterocycles. The second kappa shape index (κ2) is 11.9. The molecule has 37 heavy (non-hydrogen) atoms. The third-order valence-corrected chi connectivity index (χ3v) is 8.25. The SMILES string of the molecule is C=C(OCC)c1ccc(NC(=O)c2nc(C#N)cn2COCC[Si](C)(C)C)c(C2=CCC(C)(C)CC2)c1. The van der Waals surface area contributed by atoms with E-state index in [-0.39, 0.29) is 29.6 Å². The summed E-state index contributed by atoms with van der Waals surface area (Å²) in [4.78, 5) is 17.7. The fourth-order valence-electron chi connectivity index (χ4n) is 4.14. The zero-order valence-electron chi connectivity index (χ0n) is 23.1. The first-order chi connectivity index (χ1) is 17.4. The number of rotatable bonds is 11. The Balaban J connectivity index is 1.88. The van der Waals surface area contributed by atoms with E-state index in [0.29, 0.717) is 24.7 Å².